The monoisotopic (exact) mass is 726 g/mol. The molecule has 6 rings (SSSR count). The predicted octanol–water partition coefficient (Wildman–Crippen LogP) is 7.09. The fraction of sp³-hybridized carbons (Fsp3) is 0.133. The molecule has 0 spiro atoms. The lowest BCUT2D eigenvalue weighted by atomic mass is 10.2. The summed E-state index contributed by atoms with van der Waals surface area (Å²) < 4.78 is 11.4. The number of nitrogens with zero attached hydrogens (tertiary/aromatic N) is 4. The third-order valence-electron chi connectivity index (χ3n) is 5.86. The standard InChI is InChI=1S/C15H11IN2O3S.C15H12N2O3S/c1-2-21-15(20)9-11(19)12-10(13(16)17-9)18-14(22-12)8-6-4-3-5-7-8;1-2-20-15(19)11-12(18)13-10(8-16-11)17-14(21-13)9-6-4-3-5-7-9/h3-7,19H,2H2,1H3;3-8,18H,2H2,1H3. The molecule has 2 aromatic carbocycles. The summed E-state index contributed by atoms with van der Waals surface area (Å²) in [4.78, 5) is 40.6. The molecule has 2 N–H and O–H groups in total. The molecule has 218 valence electrons. The highest BCUT2D eigenvalue weighted by molar-refractivity contribution is 14.1. The number of carbonyl (C=O) groups excluding carboxylic acids is 2. The number of rotatable bonds is 6. The number of benzene rings is 2. The van der Waals surface area contributed by atoms with Gasteiger partial charge in [0.1, 0.15) is 34.1 Å². The molecule has 0 bridgehead atoms. The fourth-order valence-corrected chi connectivity index (χ4v) is 6.73. The lowest BCUT2D eigenvalue weighted by Gasteiger charge is -2.04. The highest BCUT2D eigenvalue weighted by Crippen LogP contribution is 2.39. The second kappa shape index (κ2) is 13.4. The van der Waals surface area contributed by atoms with E-state index in [0.717, 1.165) is 21.1 Å². The van der Waals surface area contributed by atoms with Gasteiger partial charge in [0, 0.05) is 11.1 Å². The van der Waals surface area contributed by atoms with Gasteiger partial charge in [0.05, 0.1) is 19.4 Å². The quantitative estimate of drug-likeness (QED) is 0.104. The first-order valence-corrected chi connectivity index (χ1v) is 15.7. The van der Waals surface area contributed by atoms with Crippen LogP contribution in [0.2, 0.25) is 0 Å². The molecule has 0 unspecified atom stereocenters. The molecule has 43 heavy (non-hydrogen) atoms. The van der Waals surface area contributed by atoms with E-state index < -0.39 is 11.9 Å². The fourth-order valence-electron chi connectivity index (χ4n) is 3.91. The number of carbonyl (C=O) groups is 2. The molecule has 0 amide bonds. The van der Waals surface area contributed by atoms with E-state index in [2.05, 4.69) is 19.9 Å². The first kappa shape index (κ1) is 30.3. The summed E-state index contributed by atoms with van der Waals surface area (Å²) >= 11 is 4.65. The zero-order valence-corrected chi connectivity index (χ0v) is 26.6. The Morgan fingerprint density at radius 1 is 0.744 bits per heavy atom. The first-order valence-electron chi connectivity index (χ1n) is 12.9. The van der Waals surface area contributed by atoms with E-state index in [-0.39, 0.29) is 36.1 Å². The Hall–Kier alpha value is -4.21. The molecule has 0 saturated carbocycles. The van der Waals surface area contributed by atoms with Gasteiger partial charge in [-0.1, -0.05) is 60.7 Å². The number of hydrogen-bond acceptors (Lipinski definition) is 12. The number of ether oxygens (including phenoxy) is 2. The van der Waals surface area contributed by atoms with Crippen LogP contribution in [0.25, 0.3) is 41.6 Å². The summed E-state index contributed by atoms with van der Waals surface area (Å²) in [7, 11) is 0. The minimum absolute atomic E-state index is 0.0676. The minimum atomic E-state index is -0.633. The van der Waals surface area contributed by atoms with Crippen molar-refractivity contribution in [1.29, 1.82) is 0 Å². The Kier molecular flexibility index (Phi) is 9.43. The summed E-state index contributed by atoms with van der Waals surface area (Å²) in [6.45, 7) is 3.87. The number of fused-ring (bicyclic) bond motifs is 2. The Morgan fingerprint density at radius 3 is 1.84 bits per heavy atom. The predicted molar refractivity (Wildman–Crippen MR) is 174 cm³/mol. The molecule has 4 heterocycles. The van der Waals surface area contributed by atoms with Crippen molar-refractivity contribution in [3.05, 3.63) is 81.9 Å². The summed E-state index contributed by atoms with van der Waals surface area (Å²) in [6, 6.07) is 19.3. The van der Waals surface area contributed by atoms with Crippen LogP contribution in [0.5, 0.6) is 11.5 Å². The van der Waals surface area contributed by atoms with Crippen LogP contribution in [-0.2, 0) is 9.47 Å². The third-order valence-corrected chi connectivity index (χ3v) is 8.85. The molecule has 0 aliphatic carbocycles. The van der Waals surface area contributed by atoms with Crippen LogP contribution in [0.3, 0.4) is 0 Å². The van der Waals surface area contributed by atoms with Crippen molar-refractivity contribution in [2.45, 2.75) is 13.8 Å². The van der Waals surface area contributed by atoms with Crippen molar-refractivity contribution in [1.82, 2.24) is 19.9 Å². The van der Waals surface area contributed by atoms with E-state index in [4.69, 9.17) is 9.47 Å². The van der Waals surface area contributed by atoms with E-state index in [1.807, 2.05) is 83.3 Å². The van der Waals surface area contributed by atoms with Gasteiger partial charge in [-0.25, -0.2) is 29.5 Å². The number of pyridine rings is 2. The van der Waals surface area contributed by atoms with Crippen LogP contribution < -0.4 is 0 Å². The maximum Gasteiger partial charge on any atom is 0.360 e. The Labute approximate surface area is 267 Å². The summed E-state index contributed by atoms with van der Waals surface area (Å²) in [5.74, 6) is -1.61. The molecular formula is C30H23IN4O6S2. The van der Waals surface area contributed by atoms with Crippen LogP contribution in [-0.4, -0.2) is 55.3 Å². The molecule has 4 aromatic heterocycles. The summed E-state index contributed by atoms with van der Waals surface area (Å²) in [5, 5.41) is 22.1. The van der Waals surface area contributed by atoms with Crippen LogP contribution >= 0.6 is 45.3 Å². The zero-order valence-electron chi connectivity index (χ0n) is 22.8. The molecule has 0 aliphatic rings. The van der Waals surface area contributed by atoms with E-state index >= 15 is 0 Å². The molecule has 0 fully saturated rings. The van der Waals surface area contributed by atoms with Gasteiger partial charge in [-0.15, -0.1) is 22.7 Å². The molecule has 0 radical (unpaired) electrons. The molecule has 0 saturated heterocycles. The zero-order chi connectivity index (χ0) is 30.5. The lowest BCUT2D eigenvalue weighted by molar-refractivity contribution is 0.0506. The van der Waals surface area contributed by atoms with E-state index in [0.29, 0.717) is 24.1 Å². The first-order chi connectivity index (χ1) is 20.8. The van der Waals surface area contributed by atoms with Crippen molar-refractivity contribution in [2.24, 2.45) is 0 Å². The second-order valence-electron chi connectivity index (χ2n) is 8.66. The van der Waals surface area contributed by atoms with Gasteiger partial charge >= 0.3 is 11.9 Å². The molecule has 0 atom stereocenters. The van der Waals surface area contributed by atoms with E-state index in [9.17, 15) is 19.8 Å². The van der Waals surface area contributed by atoms with Gasteiger partial charge in [0.25, 0.3) is 0 Å². The average Bonchev–Trinajstić information content (AvgIpc) is 3.67. The minimum Gasteiger partial charge on any atom is -0.504 e. The summed E-state index contributed by atoms with van der Waals surface area (Å²) in [5.41, 5.74) is 2.92. The van der Waals surface area contributed by atoms with Gasteiger partial charge in [-0.05, 0) is 36.4 Å². The van der Waals surface area contributed by atoms with Crippen molar-refractivity contribution in [3.63, 3.8) is 0 Å². The van der Waals surface area contributed by atoms with Crippen molar-refractivity contribution < 1.29 is 29.3 Å². The summed E-state index contributed by atoms with van der Waals surface area (Å²) in [6.07, 6.45) is 1.48. The molecular weight excluding hydrogens is 703 g/mol. The average molecular weight is 727 g/mol. The second-order valence-corrected chi connectivity index (χ2v) is 11.7. The highest BCUT2D eigenvalue weighted by atomic mass is 127. The topological polar surface area (TPSA) is 145 Å². The normalized spacial score (nSPS) is 10.8. The Bertz CT molecular complexity index is 1930. The smallest absolute Gasteiger partial charge is 0.360 e. The van der Waals surface area contributed by atoms with Gasteiger partial charge in [-0.2, -0.15) is 0 Å². The lowest BCUT2D eigenvalue weighted by Crippen LogP contribution is -2.08. The maximum absolute atomic E-state index is 11.9. The largest absolute Gasteiger partial charge is 0.504 e. The molecule has 13 heteroatoms. The van der Waals surface area contributed by atoms with E-state index in [1.54, 1.807) is 13.8 Å². The van der Waals surface area contributed by atoms with Crippen molar-refractivity contribution in [2.75, 3.05) is 13.2 Å². The number of hydrogen-bond donors (Lipinski definition) is 2. The van der Waals surface area contributed by atoms with Crippen molar-refractivity contribution >= 4 is 77.6 Å². The number of aromatic nitrogens is 4. The third kappa shape index (κ3) is 6.43. The highest BCUT2D eigenvalue weighted by Gasteiger charge is 2.23. The van der Waals surface area contributed by atoms with Crippen LogP contribution in [0, 0.1) is 3.70 Å². The van der Waals surface area contributed by atoms with Crippen LogP contribution in [0.15, 0.2) is 66.9 Å². The van der Waals surface area contributed by atoms with Crippen molar-refractivity contribution in [3.8, 4) is 32.6 Å². The molecule has 6 aromatic rings. The van der Waals surface area contributed by atoms with Crippen LogP contribution in [0.1, 0.15) is 34.8 Å². The Balaban J connectivity index is 0.000000171. The number of halogens is 1. The SMILES string of the molecule is CCOC(=O)c1nc(I)c2nc(-c3ccccc3)sc2c1O.CCOC(=O)c1ncc2nc(-c3ccccc3)sc2c1O. The van der Waals surface area contributed by atoms with Gasteiger partial charge in [0.15, 0.2) is 22.9 Å². The van der Waals surface area contributed by atoms with Crippen LogP contribution in [0.4, 0.5) is 0 Å². The van der Waals surface area contributed by atoms with E-state index in [1.165, 1.54) is 28.9 Å². The maximum atomic E-state index is 11.9. The number of thiazole rings is 2. The number of aromatic hydroxyl groups is 2. The Morgan fingerprint density at radius 2 is 1.26 bits per heavy atom. The van der Waals surface area contributed by atoms with Gasteiger partial charge < -0.3 is 19.7 Å². The van der Waals surface area contributed by atoms with Gasteiger partial charge in [-0.3, -0.25) is 0 Å². The molecule has 0 aliphatic heterocycles. The number of esters is 2. The van der Waals surface area contributed by atoms with Gasteiger partial charge in [0.2, 0.25) is 0 Å². The molecule has 10 nitrogen and oxygen atoms in total.